The van der Waals surface area contributed by atoms with Gasteiger partial charge in [0.15, 0.2) is 0 Å². The highest BCUT2D eigenvalue weighted by Gasteiger charge is 2.15. The highest BCUT2D eigenvalue weighted by atomic mass is 35.5. The second-order valence-electron chi connectivity index (χ2n) is 9.32. The Kier molecular flexibility index (Phi) is 21.6. The van der Waals surface area contributed by atoms with Crippen LogP contribution in [0.2, 0.25) is 0 Å². The molecule has 0 saturated heterocycles. The fourth-order valence-electron chi connectivity index (χ4n) is 3.88. The molecule has 33 heavy (non-hydrogen) atoms. The number of hydrogen-bond acceptors (Lipinski definition) is 3. The summed E-state index contributed by atoms with van der Waals surface area (Å²) >= 11 is 0. The van der Waals surface area contributed by atoms with E-state index in [1.54, 1.807) is 0 Å². The molecule has 0 saturated carbocycles. The van der Waals surface area contributed by atoms with Crippen molar-refractivity contribution in [3.05, 3.63) is 48.0 Å². The Hall–Kier alpha value is -1.32. The molecule has 1 aromatic carbocycles. The van der Waals surface area contributed by atoms with Crippen molar-refractivity contribution in [2.24, 2.45) is 0 Å². The molecule has 0 aliphatic heterocycles. The lowest BCUT2D eigenvalue weighted by Crippen LogP contribution is -2.35. The summed E-state index contributed by atoms with van der Waals surface area (Å²) in [5, 5.41) is 0. The first-order chi connectivity index (χ1) is 15.6. The highest BCUT2D eigenvalue weighted by molar-refractivity contribution is 5.85. The zero-order chi connectivity index (χ0) is 23.3. The number of likely N-dealkylation sites (N-methyl/N-ethyl adjacent to an activating group) is 1. The van der Waals surface area contributed by atoms with Crippen molar-refractivity contribution in [3.8, 4) is 0 Å². The van der Waals surface area contributed by atoms with Crippen molar-refractivity contribution in [3.63, 3.8) is 0 Å². The smallest absolute Gasteiger partial charge is 0.305 e. The first kappa shape index (κ1) is 31.7. The van der Waals surface area contributed by atoms with Gasteiger partial charge in [-0.3, -0.25) is 4.79 Å². The average molecular weight is 480 g/mol. The van der Waals surface area contributed by atoms with Crippen molar-refractivity contribution in [1.82, 2.24) is 4.90 Å². The molecule has 0 aliphatic rings. The minimum atomic E-state index is -0.0532. The third kappa shape index (κ3) is 18.8. The molecule has 0 N–H and O–H groups in total. The van der Waals surface area contributed by atoms with Crippen LogP contribution in [0.1, 0.15) is 102 Å². The fourth-order valence-corrected chi connectivity index (χ4v) is 3.88. The summed E-state index contributed by atoms with van der Waals surface area (Å²) in [7, 11) is 4.09. The number of halogens is 1. The third-order valence-electron chi connectivity index (χ3n) is 6.12. The van der Waals surface area contributed by atoms with Gasteiger partial charge in [0.05, 0.1) is 0 Å². The lowest BCUT2D eigenvalue weighted by molar-refractivity contribution is -0.145. The van der Waals surface area contributed by atoms with E-state index in [1.165, 1.54) is 76.2 Å². The van der Waals surface area contributed by atoms with E-state index in [4.69, 9.17) is 4.74 Å². The number of unbranched alkanes of at least 4 members (excludes halogenated alkanes) is 11. The molecule has 1 unspecified atom stereocenters. The van der Waals surface area contributed by atoms with E-state index in [-0.39, 0.29) is 24.4 Å². The van der Waals surface area contributed by atoms with Crippen LogP contribution in [0.15, 0.2) is 42.5 Å². The summed E-state index contributed by atoms with van der Waals surface area (Å²) in [6.45, 7) is 2.73. The van der Waals surface area contributed by atoms with Crippen molar-refractivity contribution in [2.45, 2.75) is 109 Å². The minimum Gasteiger partial charge on any atom is -0.464 e. The maximum atomic E-state index is 12.1. The van der Waals surface area contributed by atoms with Crippen LogP contribution in [0.5, 0.6) is 0 Å². The van der Waals surface area contributed by atoms with E-state index in [9.17, 15) is 4.79 Å². The summed E-state index contributed by atoms with van der Waals surface area (Å²) in [5.41, 5.74) is 1.28. The Labute approximate surface area is 210 Å². The quantitative estimate of drug-likeness (QED) is 0.107. The molecule has 0 bridgehead atoms. The van der Waals surface area contributed by atoms with Gasteiger partial charge in [-0.15, -0.1) is 12.4 Å². The molecule has 0 aromatic heterocycles. The lowest BCUT2D eigenvalue weighted by Gasteiger charge is -2.24. The Morgan fingerprint density at radius 3 is 1.97 bits per heavy atom. The number of carbonyl (C=O) groups excluding carboxylic acids is 1. The Morgan fingerprint density at radius 1 is 0.848 bits per heavy atom. The molecular formula is C29H50ClNO2. The van der Waals surface area contributed by atoms with Gasteiger partial charge in [-0.05, 0) is 58.2 Å². The van der Waals surface area contributed by atoms with E-state index < -0.39 is 0 Å². The Bertz CT molecular complexity index is 589. The minimum absolute atomic E-state index is 0. The molecule has 0 spiro atoms. The van der Waals surface area contributed by atoms with Gasteiger partial charge in [0, 0.05) is 12.5 Å². The van der Waals surface area contributed by atoms with Crippen LogP contribution in [0, 0.1) is 0 Å². The van der Waals surface area contributed by atoms with Crippen LogP contribution in [0.25, 0.3) is 0 Å². The van der Waals surface area contributed by atoms with Gasteiger partial charge < -0.3 is 9.64 Å². The standard InChI is InChI=1S/C29H49NO2.ClH/c1-4-5-6-7-8-9-10-11-12-13-14-15-16-17-21-24-29(31)32-26-28(30(2)3)25-27-22-19-18-20-23-27;/h11-12,18-20,22-23,28H,4-10,13-17,21,24-26H2,1-3H3;1H/b12-11-;. The number of rotatable bonds is 20. The lowest BCUT2D eigenvalue weighted by atomic mass is 10.1. The van der Waals surface area contributed by atoms with Crippen molar-refractivity contribution >= 4 is 18.4 Å². The summed E-state index contributed by atoms with van der Waals surface area (Å²) in [5.74, 6) is -0.0532. The number of hydrogen-bond donors (Lipinski definition) is 0. The van der Waals surface area contributed by atoms with Gasteiger partial charge in [0.1, 0.15) is 6.61 Å². The summed E-state index contributed by atoms with van der Waals surface area (Å²) in [4.78, 5) is 14.2. The summed E-state index contributed by atoms with van der Waals surface area (Å²) in [6, 6.07) is 10.6. The van der Waals surface area contributed by atoms with Crippen molar-refractivity contribution in [2.75, 3.05) is 20.7 Å². The maximum absolute atomic E-state index is 12.1. The first-order valence-electron chi connectivity index (χ1n) is 13.1. The second kappa shape index (κ2) is 22.5. The summed E-state index contributed by atoms with van der Waals surface area (Å²) in [6.07, 6.45) is 22.7. The van der Waals surface area contributed by atoms with Crippen LogP contribution >= 0.6 is 12.4 Å². The largest absolute Gasteiger partial charge is 0.464 e. The molecule has 4 heteroatoms. The van der Waals surface area contributed by atoms with Gasteiger partial charge in [-0.1, -0.05) is 101 Å². The molecular weight excluding hydrogens is 430 g/mol. The predicted octanol–water partition coefficient (Wildman–Crippen LogP) is 8.16. The molecule has 3 nitrogen and oxygen atoms in total. The van der Waals surface area contributed by atoms with E-state index in [0.717, 1.165) is 19.3 Å². The fraction of sp³-hybridized carbons (Fsp3) is 0.690. The molecule has 0 radical (unpaired) electrons. The van der Waals surface area contributed by atoms with Crippen molar-refractivity contribution in [1.29, 1.82) is 0 Å². The number of benzene rings is 1. The zero-order valence-electron chi connectivity index (χ0n) is 21.6. The monoisotopic (exact) mass is 479 g/mol. The number of ether oxygens (including phenoxy) is 1. The SMILES string of the molecule is CCCCCCCC/C=C\CCCCCCCC(=O)OCC(Cc1ccccc1)N(C)C.Cl. The molecule has 1 aromatic rings. The average Bonchev–Trinajstić information content (AvgIpc) is 2.79. The Morgan fingerprint density at radius 2 is 1.39 bits per heavy atom. The number of carbonyl (C=O) groups is 1. The topological polar surface area (TPSA) is 29.5 Å². The maximum Gasteiger partial charge on any atom is 0.305 e. The van der Waals surface area contributed by atoms with E-state index >= 15 is 0 Å². The van der Waals surface area contributed by atoms with Gasteiger partial charge >= 0.3 is 5.97 Å². The summed E-state index contributed by atoms with van der Waals surface area (Å²) < 4.78 is 5.57. The zero-order valence-corrected chi connectivity index (χ0v) is 22.4. The number of esters is 1. The van der Waals surface area contributed by atoms with Crippen LogP contribution in [0.4, 0.5) is 0 Å². The van der Waals surface area contributed by atoms with E-state index in [0.29, 0.717) is 13.0 Å². The second-order valence-corrected chi connectivity index (χ2v) is 9.32. The molecule has 0 aliphatic carbocycles. The molecule has 1 rings (SSSR count). The number of nitrogens with zero attached hydrogens (tertiary/aromatic N) is 1. The van der Waals surface area contributed by atoms with Gasteiger partial charge in [0.25, 0.3) is 0 Å². The highest BCUT2D eigenvalue weighted by Crippen LogP contribution is 2.11. The van der Waals surface area contributed by atoms with E-state index in [2.05, 4.69) is 48.2 Å². The molecule has 190 valence electrons. The third-order valence-corrected chi connectivity index (χ3v) is 6.12. The normalized spacial score (nSPS) is 12.1. The van der Waals surface area contributed by atoms with E-state index in [1.807, 2.05) is 20.2 Å². The van der Waals surface area contributed by atoms with Crippen LogP contribution < -0.4 is 0 Å². The molecule has 0 amide bonds. The molecule has 0 fully saturated rings. The number of allylic oxidation sites excluding steroid dienone is 2. The van der Waals surface area contributed by atoms with Crippen LogP contribution in [0.3, 0.4) is 0 Å². The van der Waals surface area contributed by atoms with Crippen molar-refractivity contribution < 1.29 is 9.53 Å². The predicted molar refractivity (Wildman–Crippen MR) is 145 cm³/mol. The van der Waals surface area contributed by atoms with Crippen LogP contribution in [-0.2, 0) is 16.0 Å². The van der Waals surface area contributed by atoms with Gasteiger partial charge in [-0.25, -0.2) is 0 Å². The molecule has 1 atom stereocenters. The van der Waals surface area contributed by atoms with Gasteiger partial charge in [-0.2, -0.15) is 0 Å². The van der Waals surface area contributed by atoms with Crippen LogP contribution in [-0.4, -0.2) is 37.6 Å². The first-order valence-corrected chi connectivity index (χ1v) is 13.1. The van der Waals surface area contributed by atoms with Gasteiger partial charge in [0.2, 0.25) is 0 Å². The Balaban J connectivity index is 0.0000102. The molecule has 0 heterocycles.